The van der Waals surface area contributed by atoms with E-state index < -0.39 is 0 Å². The lowest BCUT2D eigenvalue weighted by molar-refractivity contribution is 0.248. The van der Waals surface area contributed by atoms with Crippen LogP contribution in [0.15, 0.2) is 18.3 Å². The molecule has 2 aliphatic heterocycles. The number of nitrogens with zero attached hydrogens (tertiary/aromatic N) is 4. The topological polar surface area (TPSA) is 60.1 Å². The van der Waals surface area contributed by atoms with Crippen molar-refractivity contribution in [2.75, 3.05) is 37.6 Å². The summed E-state index contributed by atoms with van der Waals surface area (Å²) in [4.78, 5) is 9.86. The van der Waals surface area contributed by atoms with Gasteiger partial charge < -0.3 is 10.2 Å². The molecule has 0 aromatic carbocycles. The number of hydrogen-bond acceptors (Lipinski definition) is 5. The van der Waals surface area contributed by atoms with Crippen molar-refractivity contribution in [1.82, 2.24) is 25.4 Å². The van der Waals surface area contributed by atoms with Crippen LogP contribution in [0.1, 0.15) is 62.3 Å². The van der Waals surface area contributed by atoms with Gasteiger partial charge in [-0.1, -0.05) is 20.8 Å². The number of aromatic nitrogens is 3. The number of pyridine rings is 1. The van der Waals surface area contributed by atoms with E-state index in [9.17, 15) is 0 Å². The average molecular weight is 383 g/mol. The highest BCUT2D eigenvalue weighted by atomic mass is 15.3. The standard InChI is InChI=1S/C22H34N6/c1-16-12-18(13-20(25-16)19-6-5-7-23-19)28-10-8-27(9-11-28)15-17-14-24-26-21(17)22(2,3)4/h12-14,19,23H,5-11,15H2,1-4H3,(H,24,26). The Balaban J connectivity index is 1.40. The van der Waals surface area contributed by atoms with E-state index >= 15 is 0 Å². The molecule has 2 fully saturated rings. The summed E-state index contributed by atoms with van der Waals surface area (Å²) in [7, 11) is 0. The van der Waals surface area contributed by atoms with E-state index in [0.717, 1.165) is 45.0 Å². The third-order valence-corrected chi connectivity index (χ3v) is 5.97. The maximum atomic E-state index is 4.80. The number of piperazine rings is 1. The van der Waals surface area contributed by atoms with Crippen LogP contribution in [-0.4, -0.2) is 52.8 Å². The Morgan fingerprint density at radius 3 is 2.61 bits per heavy atom. The lowest BCUT2D eigenvalue weighted by atomic mass is 9.89. The molecule has 6 heteroatoms. The molecule has 152 valence electrons. The van der Waals surface area contributed by atoms with Crippen LogP contribution in [0.25, 0.3) is 0 Å². The second kappa shape index (κ2) is 7.84. The van der Waals surface area contributed by atoms with E-state index in [1.54, 1.807) is 0 Å². The summed E-state index contributed by atoms with van der Waals surface area (Å²) in [5.41, 5.74) is 6.35. The van der Waals surface area contributed by atoms with Gasteiger partial charge in [-0.05, 0) is 38.4 Å². The Morgan fingerprint density at radius 2 is 1.93 bits per heavy atom. The molecule has 0 amide bonds. The first-order chi connectivity index (χ1) is 13.4. The summed E-state index contributed by atoms with van der Waals surface area (Å²) in [5, 5.41) is 11.1. The van der Waals surface area contributed by atoms with Crippen molar-refractivity contribution < 1.29 is 0 Å². The molecule has 2 saturated heterocycles. The van der Waals surface area contributed by atoms with Crippen molar-refractivity contribution in [2.24, 2.45) is 0 Å². The van der Waals surface area contributed by atoms with Gasteiger partial charge in [-0.25, -0.2) is 0 Å². The summed E-state index contributed by atoms with van der Waals surface area (Å²) in [6.45, 7) is 15.2. The molecule has 6 nitrogen and oxygen atoms in total. The quantitative estimate of drug-likeness (QED) is 0.851. The van der Waals surface area contributed by atoms with Crippen LogP contribution < -0.4 is 10.2 Å². The van der Waals surface area contributed by atoms with Crippen LogP contribution in [0.5, 0.6) is 0 Å². The van der Waals surface area contributed by atoms with Crippen molar-refractivity contribution in [3.63, 3.8) is 0 Å². The monoisotopic (exact) mass is 382 g/mol. The summed E-state index contributed by atoms with van der Waals surface area (Å²) >= 11 is 0. The van der Waals surface area contributed by atoms with Crippen LogP contribution in [0.4, 0.5) is 5.69 Å². The van der Waals surface area contributed by atoms with Crippen molar-refractivity contribution in [3.05, 3.63) is 41.0 Å². The smallest absolute Gasteiger partial charge is 0.0596 e. The van der Waals surface area contributed by atoms with Crippen LogP contribution in [0, 0.1) is 6.92 Å². The lowest BCUT2D eigenvalue weighted by Crippen LogP contribution is -2.46. The third kappa shape index (κ3) is 4.23. The van der Waals surface area contributed by atoms with Gasteiger partial charge in [0.15, 0.2) is 0 Å². The molecule has 4 heterocycles. The Kier molecular flexibility index (Phi) is 5.43. The Hall–Kier alpha value is -1.92. The lowest BCUT2D eigenvalue weighted by Gasteiger charge is -2.36. The largest absolute Gasteiger partial charge is 0.369 e. The molecule has 2 aliphatic rings. The molecule has 0 radical (unpaired) electrons. The first kappa shape index (κ1) is 19.4. The van der Waals surface area contributed by atoms with E-state index in [4.69, 9.17) is 4.98 Å². The van der Waals surface area contributed by atoms with Gasteiger partial charge >= 0.3 is 0 Å². The Labute approximate surface area is 168 Å². The van der Waals surface area contributed by atoms with E-state index in [-0.39, 0.29) is 5.41 Å². The van der Waals surface area contributed by atoms with Gasteiger partial charge in [0.1, 0.15) is 0 Å². The van der Waals surface area contributed by atoms with Crippen molar-refractivity contribution >= 4 is 5.69 Å². The molecular weight excluding hydrogens is 348 g/mol. The molecule has 1 unspecified atom stereocenters. The minimum atomic E-state index is 0.104. The zero-order valence-electron chi connectivity index (χ0n) is 17.8. The molecule has 0 spiro atoms. The number of anilines is 1. The van der Waals surface area contributed by atoms with Gasteiger partial charge in [-0.15, -0.1) is 0 Å². The predicted molar refractivity (Wildman–Crippen MR) is 114 cm³/mol. The molecule has 4 rings (SSSR count). The second-order valence-corrected chi connectivity index (χ2v) is 9.32. The minimum Gasteiger partial charge on any atom is -0.369 e. The molecule has 0 aliphatic carbocycles. The van der Waals surface area contributed by atoms with E-state index in [0.29, 0.717) is 6.04 Å². The van der Waals surface area contributed by atoms with Crippen molar-refractivity contribution in [2.45, 2.75) is 58.5 Å². The molecule has 2 N–H and O–H groups in total. The van der Waals surface area contributed by atoms with Gasteiger partial charge in [-0.3, -0.25) is 15.0 Å². The molecule has 28 heavy (non-hydrogen) atoms. The van der Waals surface area contributed by atoms with Crippen molar-refractivity contribution in [3.8, 4) is 0 Å². The number of nitrogens with one attached hydrogen (secondary N) is 2. The van der Waals surface area contributed by atoms with Crippen LogP contribution in [-0.2, 0) is 12.0 Å². The SMILES string of the molecule is Cc1cc(N2CCN(Cc3cn[nH]c3C(C)(C)C)CC2)cc(C2CCCN2)n1. The highest BCUT2D eigenvalue weighted by Crippen LogP contribution is 2.28. The summed E-state index contributed by atoms with van der Waals surface area (Å²) in [6.07, 6.45) is 4.45. The minimum absolute atomic E-state index is 0.104. The summed E-state index contributed by atoms with van der Waals surface area (Å²) in [5.74, 6) is 0. The van der Waals surface area contributed by atoms with Crippen LogP contribution in [0.3, 0.4) is 0 Å². The number of rotatable bonds is 4. The zero-order chi connectivity index (χ0) is 19.7. The third-order valence-electron chi connectivity index (χ3n) is 5.97. The number of aromatic amines is 1. The second-order valence-electron chi connectivity index (χ2n) is 9.32. The maximum Gasteiger partial charge on any atom is 0.0596 e. The van der Waals surface area contributed by atoms with Gasteiger partial charge in [0.25, 0.3) is 0 Å². The number of H-pyrrole nitrogens is 1. The Bertz CT molecular complexity index is 792. The molecule has 2 aromatic rings. The molecular formula is C22H34N6. The van der Waals surface area contributed by atoms with Gasteiger partial charge in [-0.2, -0.15) is 5.10 Å². The van der Waals surface area contributed by atoms with Crippen molar-refractivity contribution in [1.29, 1.82) is 0 Å². The number of aryl methyl sites for hydroxylation is 1. The summed E-state index contributed by atoms with van der Waals surface area (Å²) < 4.78 is 0. The van der Waals surface area contributed by atoms with Gasteiger partial charge in [0, 0.05) is 66.8 Å². The first-order valence-corrected chi connectivity index (χ1v) is 10.6. The van der Waals surface area contributed by atoms with E-state index in [1.165, 1.54) is 35.5 Å². The fraction of sp³-hybridized carbons (Fsp3) is 0.636. The molecule has 2 aromatic heterocycles. The van der Waals surface area contributed by atoms with Gasteiger partial charge in [0.2, 0.25) is 0 Å². The molecule has 1 atom stereocenters. The van der Waals surface area contributed by atoms with E-state index in [2.05, 4.69) is 65.1 Å². The first-order valence-electron chi connectivity index (χ1n) is 10.6. The maximum absolute atomic E-state index is 4.80. The van der Waals surface area contributed by atoms with Crippen LogP contribution in [0.2, 0.25) is 0 Å². The Morgan fingerprint density at radius 1 is 1.14 bits per heavy atom. The fourth-order valence-electron chi connectivity index (χ4n) is 4.46. The zero-order valence-corrected chi connectivity index (χ0v) is 17.8. The normalized spacial score (nSPS) is 21.4. The van der Waals surface area contributed by atoms with E-state index in [1.807, 2.05) is 6.20 Å². The summed E-state index contributed by atoms with van der Waals surface area (Å²) in [6, 6.07) is 4.97. The predicted octanol–water partition coefficient (Wildman–Crippen LogP) is 3.16. The van der Waals surface area contributed by atoms with Gasteiger partial charge in [0.05, 0.1) is 11.9 Å². The average Bonchev–Trinajstić information content (AvgIpc) is 3.33. The molecule has 0 saturated carbocycles. The van der Waals surface area contributed by atoms with Crippen LogP contribution >= 0.6 is 0 Å². The highest BCUT2D eigenvalue weighted by molar-refractivity contribution is 5.49. The molecule has 0 bridgehead atoms. The number of hydrogen-bond donors (Lipinski definition) is 2. The highest BCUT2D eigenvalue weighted by Gasteiger charge is 2.24. The fourth-order valence-corrected chi connectivity index (χ4v) is 4.46.